The Bertz CT molecular complexity index is 909. The number of allylic oxidation sites excluding steroid dienone is 2. The zero-order valence-electron chi connectivity index (χ0n) is 14.0. The molecule has 1 aliphatic rings. The molecule has 25 heavy (non-hydrogen) atoms. The van der Waals surface area contributed by atoms with Gasteiger partial charge in [-0.2, -0.15) is 0 Å². The third kappa shape index (κ3) is 3.13. The lowest BCUT2D eigenvalue weighted by Gasteiger charge is -2.21. The highest BCUT2D eigenvalue weighted by atomic mass is 35.5. The van der Waals surface area contributed by atoms with Crippen molar-refractivity contribution in [3.8, 4) is 0 Å². The van der Waals surface area contributed by atoms with E-state index in [1.54, 1.807) is 35.3 Å². The molecule has 2 aromatic rings. The van der Waals surface area contributed by atoms with Crippen LogP contribution in [0.3, 0.4) is 0 Å². The van der Waals surface area contributed by atoms with E-state index in [1.165, 1.54) is 7.11 Å². The molecule has 0 atom stereocenters. The highest BCUT2D eigenvalue weighted by molar-refractivity contribution is 7.11. The highest BCUT2D eigenvalue weighted by Gasteiger charge is 2.38. The number of hydrogen-bond acceptors (Lipinski definition) is 5. The van der Waals surface area contributed by atoms with Gasteiger partial charge in [0.25, 0.3) is 0 Å². The quantitative estimate of drug-likeness (QED) is 0.448. The number of benzene rings is 1. The molecule has 0 fully saturated rings. The number of anilines is 1. The first-order chi connectivity index (χ1) is 11.9. The van der Waals surface area contributed by atoms with Crippen LogP contribution in [0.1, 0.15) is 17.4 Å². The van der Waals surface area contributed by atoms with E-state index < -0.39 is 5.97 Å². The van der Waals surface area contributed by atoms with Crippen molar-refractivity contribution in [2.75, 3.05) is 12.0 Å². The molecule has 0 saturated carbocycles. The molecule has 1 aromatic carbocycles. The summed E-state index contributed by atoms with van der Waals surface area (Å²) in [5.41, 5.74) is 2.85. The van der Waals surface area contributed by atoms with Gasteiger partial charge in [-0.05, 0) is 61.2 Å². The molecule has 0 saturated heterocycles. The molecule has 0 bridgehead atoms. The Labute approximate surface area is 155 Å². The van der Waals surface area contributed by atoms with Crippen LogP contribution in [-0.4, -0.2) is 18.9 Å². The molecule has 0 spiro atoms. The summed E-state index contributed by atoms with van der Waals surface area (Å²) in [7, 11) is 1.27. The average molecular weight is 374 g/mol. The number of carbonyl (C=O) groups excluding carboxylic acids is 2. The summed E-state index contributed by atoms with van der Waals surface area (Å²) in [5.74, 6) is -0.972. The van der Waals surface area contributed by atoms with Gasteiger partial charge in [0.15, 0.2) is 0 Å². The zero-order chi connectivity index (χ0) is 18.1. The van der Waals surface area contributed by atoms with Gasteiger partial charge in [-0.1, -0.05) is 11.6 Å². The molecule has 1 aliphatic heterocycles. The minimum Gasteiger partial charge on any atom is -0.465 e. The number of ether oxygens (including phenoxy) is 1. The van der Waals surface area contributed by atoms with Crippen molar-refractivity contribution >= 4 is 46.5 Å². The van der Waals surface area contributed by atoms with E-state index in [9.17, 15) is 9.59 Å². The second kappa shape index (κ2) is 6.86. The van der Waals surface area contributed by atoms with E-state index in [4.69, 9.17) is 16.3 Å². The van der Waals surface area contributed by atoms with Crippen molar-refractivity contribution in [2.45, 2.75) is 13.8 Å². The van der Waals surface area contributed by atoms with Gasteiger partial charge in [0.05, 0.1) is 12.8 Å². The Morgan fingerprint density at radius 2 is 1.88 bits per heavy atom. The number of nitrogens with zero attached hydrogens (tertiary/aromatic N) is 1. The minimum atomic E-state index is -0.632. The topological polar surface area (TPSA) is 46.6 Å². The van der Waals surface area contributed by atoms with Crippen LogP contribution in [0.15, 0.2) is 52.7 Å². The Morgan fingerprint density at radius 1 is 1.20 bits per heavy atom. The number of ketones is 1. The maximum atomic E-state index is 12.9. The molecule has 128 valence electrons. The summed E-state index contributed by atoms with van der Waals surface area (Å²) in [6.07, 6.45) is 1.82. The molecule has 4 nitrogen and oxygen atoms in total. The van der Waals surface area contributed by atoms with Gasteiger partial charge in [-0.25, -0.2) is 4.79 Å². The van der Waals surface area contributed by atoms with Crippen LogP contribution in [0.5, 0.6) is 0 Å². The Kier molecular flexibility index (Phi) is 4.79. The fourth-order valence-electron chi connectivity index (χ4n) is 2.74. The number of esters is 1. The van der Waals surface area contributed by atoms with Crippen LogP contribution in [0.25, 0.3) is 6.08 Å². The van der Waals surface area contributed by atoms with Gasteiger partial charge >= 0.3 is 5.97 Å². The smallest absolute Gasteiger partial charge is 0.343 e. The lowest BCUT2D eigenvalue weighted by Crippen LogP contribution is -2.18. The molecule has 1 aromatic heterocycles. The third-order valence-electron chi connectivity index (χ3n) is 4.04. The number of methoxy groups -OCH3 is 1. The predicted octanol–water partition coefficient (Wildman–Crippen LogP) is 4.59. The second-order valence-electron chi connectivity index (χ2n) is 5.59. The summed E-state index contributed by atoms with van der Waals surface area (Å²) in [4.78, 5) is 27.8. The number of carbonyl (C=O) groups is 2. The molecular formula is C19H16ClNO3S. The first-order valence-corrected chi connectivity index (χ1v) is 8.85. The van der Waals surface area contributed by atoms with Crippen LogP contribution >= 0.6 is 22.9 Å². The van der Waals surface area contributed by atoms with Gasteiger partial charge in [0, 0.05) is 21.3 Å². The van der Waals surface area contributed by atoms with Gasteiger partial charge in [-0.3, -0.25) is 4.79 Å². The molecule has 6 heteroatoms. The van der Waals surface area contributed by atoms with Crippen molar-refractivity contribution in [1.82, 2.24) is 0 Å². The largest absolute Gasteiger partial charge is 0.465 e. The summed E-state index contributed by atoms with van der Waals surface area (Å²) in [6, 6.07) is 9.12. The van der Waals surface area contributed by atoms with Gasteiger partial charge < -0.3 is 9.64 Å². The summed E-state index contributed by atoms with van der Waals surface area (Å²) >= 11 is 7.52. The number of Topliss-reactive ketones (excluding diaryl/α,β-unsaturated/α-hetero) is 1. The number of hydrogen-bond donors (Lipinski definition) is 0. The Balaban J connectivity index is 2.17. The molecule has 3 rings (SSSR count). The first kappa shape index (κ1) is 17.5. The van der Waals surface area contributed by atoms with Crippen LogP contribution in [-0.2, 0) is 14.3 Å². The van der Waals surface area contributed by atoms with Gasteiger partial charge in [0.2, 0.25) is 5.78 Å². The average Bonchev–Trinajstić information content (AvgIpc) is 3.10. The molecular weight excluding hydrogens is 358 g/mol. The lowest BCUT2D eigenvalue weighted by atomic mass is 10.1. The van der Waals surface area contributed by atoms with Crippen LogP contribution in [0, 0.1) is 6.92 Å². The van der Waals surface area contributed by atoms with Crippen molar-refractivity contribution < 1.29 is 14.3 Å². The second-order valence-corrected chi connectivity index (χ2v) is 6.97. The molecule has 0 aliphatic carbocycles. The Morgan fingerprint density at radius 3 is 2.44 bits per heavy atom. The Hall–Kier alpha value is -2.37. The van der Waals surface area contributed by atoms with Crippen molar-refractivity contribution in [2.24, 2.45) is 0 Å². The summed E-state index contributed by atoms with van der Waals surface area (Å²) < 4.78 is 4.80. The number of thiophene rings is 1. The monoisotopic (exact) mass is 373 g/mol. The fourth-order valence-corrected chi connectivity index (χ4v) is 3.72. The van der Waals surface area contributed by atoms with E-state index in [0.717, 1.165) is 16.1 Å². The standard InChI is InChI=1S/C19H16ClNO3S/c1-11-8-9-25-16(11)10-15-18(22)17(19(23)24-3)12(2)21(15)14-6-4-13(20)5-7-14/h4-10H,1-3H3/b15-10+. The van der Waals surface area contributed by atoms with Gasteiger partial charge in [-0.15, -0.1) is 11.3 Å². The maximum Gasteiger partial charge on any atom is 0.343 e. The van der Waals surface area contributed by atoms with Crippen LogP contribution < -0.4 is 4.90 Å². The van der Waals surface area contributed by atoms with Crippen LogP contribution in [0.2, 0.25) is 5.02 Å². The number of rotatable bonds is 3. The fraction of sp³-hybridized carbons (Fsp3) is 0.158. The first-order valence-electron chi connectivity index (χ1n) is 7.59. The van der Waals surface area contributed by atoms with Gasteiger partial charge in [0.1, 0.15) is 5.57 Å². The van der Waals surface area contributed by atoms with Crippen LogP contribution in [0.4, 0.5) is 5.69 Å². The zero-order valence-corrected chi connectivity index (χ0v) is 15.6. The number of aryl methyl sites for hydroxylation is 1. The highest BCUT2D eigenvalue weighted by Crippen LogP contribution is 2.36. The lowest BCUT2D eigenvalue weighted by molar-refractivity contribution is -0.137. The summed E-state index contributed by atoms with van der Waals surface area (Å²) in [6.45, 7) is 3.72. The summed E-state index contributed by atoms with van der Waals surface area (Å²) in [5, 5.41) is 2.57. The van der Waals surface area contributed by atoms with E-state index >= 15 is 0 Å². The van der Waals surface area contributed by atoms with E-state index in [0.29, 0.717) is 16.4 Å². The van der Waals surface area contributed by atoms with Crippen molar-refractivity contribution in [3.63, 3.8) is 0 Å². The van der Waals surface area contributed by atoms with E-state index in [1.807, 2.05) is 36.6 Å². The molecule has 0 radical (unpaired) electrons. The predicted molar refractivity (Wildman–Crippen MR) is 101 cm³/mol. The van der Waals surface area contributed by atoms with E-state index in [2.05, 4.69) is 0 Å². The number of halogens is 1. The third-order valence-corrected chi connectivity index (χ3v) is 5.26. The van der Waals surface area contributed by atoms with E-state index in [-0.39, 0.29) is 11.4 Å². The van der Waals surface area contributed by atoms with Crippen molar-refractivity contribution in [3.05, 3.63) is 68.1 Å². The molecule has 2 heterocycles. The molecule has 0 N–H and O–H groups in total. The van der Waals surface area contributed by atoms with Crippen molar-refractivity contribution in [1.29, 1.82) is 0 Å². The molecule has 0 unspecified atom stereocenters. The minimum absolute atomic E-state index is 0.0536. The normalized spacial score (nSPS) is 16.1. The SMILES string of the molecule is COC(=O)C1=C(C)N(c2ccc(Cl)cc2)/C(=C/c2sccc2C)C1=O. The molecule has 0 amide bonds. The maximum absolute atomic E-state index is 12.9.